The molecule has 7 rings (SSSR count). The summed E-state index contributed by atoms with van der Waals surface area (Å²) in [5, 5.41) is 7.50. The number of aldehydes is 1. The summed E-state index contributed by atoms with van der Waals surface area (Å²) in [5.41, 5.74) is 2.91. The van der Waals surface area contributed by atoms with Crippen LogP contribution in [0.2, 0.25) is 0 Å². The predicted octanol–water partition coefficient (Wildman–Crippen LogP) is 8.02. The summed E-state index contributed by atoms with van der Waals surface area (Å²) >= 11 is 3.68. The first-order chi connectivity index (χ1) is 24.0. The number of rotatable bonds is 12. The van der Waals surface area contributed by atoms with Gasteiger partial charge < -0.3 is 24.1 Å². The number of hydrogen-bond acceptors (Lipinski definition) is 8. The second-order valence-corrected chi connectivity index (χ2v) is 15.4. The lowest BCUT2D eigenvalue weighted by Crippen LogP contribution is -2.43. The normalized spacial score (nSPS) is 20.8. The Balaban J connectivity index is 1.19. The van der Waals surface area contributed by atoms with Crippen molar-refractivity contribution in [3.8, 4) is 11.6 Å². The summed E-state index contributed by atoms with van der Waals surface area (Å²) in [6.45, 7) is 9.71. The molecule has 1 fully saturated rings. The van der Waals surface area contributed by atoms with Crippen molar-refractivity contribution in [3.63, 3.8) is 0 Å². The third-order valence-corrected chi connectivity index (χ3v) is 10.7. The molecule has 260 valence electrons. The minimum Gasteiger partial charge on any atom is -0.487 e. The van der Waals surface area contributed by atoms with Crippen LogP contribution < -0.4 is 14.8 Å². The van der Waals surface area contributed by atoms with Crippen molar-refractivity contribution >= 4 is 28.0 Å². The summed E-state index contributed by atoms with van der Waals surface area (Å²) in [6.07, 6.45) is 1.80. The van der Waals surface area contributed by atoms with Crippen LogP contribution in [0.25, 0.3) is 0 Å². The number of hydrogen-bond donors (Lipinski definition) is 1. The smallest absolute Gasteiger partial charge is 0.265 e. The van der Waals surface area contributed by atoms with Crippen LogP contribution in [-0.4, -0.2) is 29.4 Å². The number of fused-ring (bicyclic) bond motifs is 1. The molecule has 1 aromatic heterocycles. The van der Waals surface area contributed by atoms with Crippen molar-refractivity contribution in [2.24, 2.45) is 17.3 Å². The van der Waals surface area contributed by atoms with Gasteiger partial charge in [0, 0.05) is 36.6 Å². The minimum atomic E-state index is -1.25. The van der Waals surface area contributed by atoms with Crippen molar-refractivity contribution in [3.05, 3.63) is 121 Å². The van der Waals surface area contributed by atoms with Crippen LogP contribution in [0.3, 0.4) is 0 Å². The van der Waals surface area contributed by atoms with Crippen LogP contribution in [0.15, 0.2) is 81.0 Å². The summed E-state index contributed by atoms with van der Waals surface area (Å²) in [7, 11) is 0. The maximum atomic E-state index is 16.7. The lowest BCUT2D eigenvalue weighted by molar-refractivity contribution is -0.105. The molecule has 3 atom stereocenters. The second kappa shape index (κ2) is 13.5. The van der Waals surface area contributed by atoms with Crippen LogP contribution in [0.4, 0.5) is 4.39 Å². The quantitative estimate of drug-likeness (QED) is 0.115. The molecule has 0 bridgehead atoms. The van der Waals surface area contributed by atoms with Gasteiger partial charge in [-0.2, -0.15) is 0 Å². The van der Waals surface area contributed by atoms with E-state index in [4.69, 9.17) is 18.7 Å². The minimum absolute atomic E-state index is 0.00259. The average molecular weight is 744 g/mol. The van der Waals surface area contributed by atoms with Crippen molar-refractivity contribution < 1.29 is 32.7 Å². The Morgan fingerprint density at radius 1 is 1.04 bits per heavy atom. The third-order valence-electron chi connectivity index (χ3n) is 9.90. The number of ketones is 1. The molecule has 1 aliphatic heterocycles. The molecular formula is C40H40BrFN2O6. The Hall–Kier alpha value is -4.28. The molecule has 0 radical (unpaired) electrons. The van der Waals surface area contributed by atoms with Gasteiger partial charge >= 0.3 is 0 Å². The van der Waals surface area contributed by atoms with Crippen molar-refractivity contribution in [1.82, 2.24) is 10.5 Å². The number of ether oxygens (including phenoxy) is 3. The number of carbonyl (C=O) groups excluding carboxylic acids is 2. The number of aromatic nitrogens is 1. The molecule has 0 amide bonds. The number of benzene rings is 3. The topological polar surface area (TPSA) is 103 Å². The Kier molecular flexibility index (Phi) is 9.19. The van der Waals surface area contributed by atoms with E-state index in [1.807, 2.05) is 67.6 Å². The maximum Gasteiger partial charge on any atom is 0.265 e. The summed E-state index contributed by atoms with van der Waals surface area (Å²) in [4.78, 5) is 26.8. The fourth-order valence-corrected chi connectivity index (χ4v) is 8.02. The van der Waals surface area contributed by atoms with Gasteiger partial charge in [-0.1, -0.05) is 81.4 Å². The van der Waals surface area contributed by atoms with Crippen LogP contribution in [-0.2, 0) is 42.1 Å². The highest BCUT2D eigenvalue weighted by atomic mass is 79.9. The zero-order chi connectivity index (χ0) is 35.2. The maximum absolute atomic E-state index is 16.7. The highest BCUT2D eigenvalue weighted by molar-refractivity contribution is 9.10. The molecule has 2 aliphatic carbocycles. The summed E-state index contributed by atoms with van der Waals surface area (Å²) in [5.74, 6) is 0.138. The molecule has 1 saturated heterocycles. The zero-order valence-electron chi connectivity index (χ0n) is 28.6. The summed E-state index contributed by atoms with van der Waals surface area (Å²) in [6, 6.07) is 19.4. The molecular weight excluding hydrogens is 703 g/mol. The molecule has 1 N–H and O–H groups in total. The van der Waals surface area contributed by atoms with Gasteiger partial charge in [-0.25, -0.2) is 4.39 Å². The fourth-order valence-electron chi connectivity index (χ4n) is 7.30. The summed E-state index contributed by atoms with van der Waals surface area (Å²) < 4.78 is 41.3. The van der Waals surface area contributed by atoms with E-state index in [2.05, 4.69) is 47.2 Å². The van der Waals surface area contributed by atoms with Crippen LogP contribution in [0.1, 0.15) is 71.1 Å². The highest BCUT2D eigenvalue weighted by Gasteiger charge is 2.71. The monoisotopic (exact) mass is 742 g/mol. The molecule has 10 heteroatoms. The molecule has 2 heterocycles. The first kappa shape index (κ1) is 34.2. The standard InChI is InChI=1S/C40H40BrFN2O6/c1-23-28(34(42)29(18-43-22-39(2,3)4)33(41)35(23)47-20-24-11-7-5-8-12-24)16-26-15-27-17-31-32(36(46)40(27)37(49-40)30(26)19-45)38(44-50-31)48-21-25-13-9-6-10-14-25/h5-14,19,26-27,43H,15-18,20-22H2,1-4H3/t26?,27-,40+/m0/s1. The number of halogens is 2. The predicted molar refractivity (Wildman–Crippen MR) is 188 cm³/mol. The highest BCUT2D eigenvalue weighted by Crippen LogP contribution is 2.61. The van der Waals surface area contributed by atoms with Gasteiger partial charge in [0.25, 0.3) is 5.88 Å². The Morgan fingerprint density at radius 2 is 1.70 bits per heavy atom. The van der Waals surface area contributed by atoms with Crippen molar-refractivity contribution in [1.29, 1.82) is 0 Å². The zero-order valence-corrected chi connectivity index (χ0v) is 30.2. The van der Waals surface area contributed by atoms with E-state index in [1.165, 1.54) is 0 Å². The van der Waals surface area contributed by atoms with Gasteiger partial charge in [0.15, 0.2) is 11.5 Å². The molecule has 1 spiro atoms. The number of allylic oxidation sites excluding steroid dienone is 1. The lowest BCUT2D eigenvalue weighted by atomic mass is 9.66. The Morgan fingerprint density at radius 3 is 2.34 bits per heavy atom. The molecule has 0 saturated carbocycles. The van der Waals surface area contributed by atoms with E-state index in [1.54, 1.807) is 0 Å². The van der Waals surface area contributed by atoms with Crippen LogP contribution in [0, 0.1) is 30.0 Å². The van der Waals surface area contributed by atoms with E-state index in [9.17, 15) is 9.59 Å². The van der Waals surface area contributed by atoms with E-state index >= 15 is 4.39 Å². The number of epoxide rings is 1. The van der Waals surface area contributed by atoms with E-state index in [-0.39, 0.29) is 59.9 Å². The average Bonchev–Trinajstić information content (AvgIpc) is 3.73. The first-order valence-corrected chi connectivity index (χ1v) is 17.8. The first-order valence-electron chi connectivity index (χ1n) is 17.0. The van der Waals surface area contributed by atoms with Crippen LogP contribution >= 0.6 is 15.9 Å². The molecule has 4 aromatic rings. The van der Waals surface area contributed by atoms with Gasteiger partial charge in [-0.15, -0.1) is 0 Å². The number of nitrogens with one attached hydrogen (secondary N) is 1. The van der Waals surface area contributed by atoms with E-state index in [0.717, 1.165) is 17.4 Å². The number of nitrogens with zero attached hydrogens (tertiary/aromatic N) is 1. The molecule has 1 unspecified atom stereocenters. The molecule has 8 nitrogen and oxygen atoms in total. The lowest BCUT2D eigenvalue weighted by Gasteiger charge is -2.32. The van der Waals surface area contributed by atoms with E-state index in [0.29, 0.717) is 70.0 Å². The van der Waals surface area contributed by atoms with Crippen LogP contribution in [0.5, 0.6) is 11.6 Å². The van der Waals surface area contributed by atoms with Gasteiger partial charge in [0.1, 0.15) is 36.6 Å². The number of Topliss-reactive ketones (excluding diaryl/α,β-unsaturated/α-hetero) is 1. The van der Waals surface area contributed by atoms with Gasteiger partial charge in [-0.3, -0.25) is 9.59 Å². The van der Waals surface area contributed by atoms with E-state index < -0.39 is 5.60 Å². The largest absolute Gasteiger partial charge is 0.487 e. The fraction of sp³-hybridized carbons (Fsp3) is 0.375. The molecule has 3 aliphatic rings. The second-order valence-electron chi connectivity index (χ2n) is 14.6. The Labute approximate surface area is 299 Å². The van der Waals surface area contributed by atoms with Gasteiger partial charge in [-0.05, 0) is 74.4 Å². The third kappa shape index (κ3) is 6.28. The van der Waals surface area contributed by atoms with Crippen molar-refractivity contribution in [2.45, 2.75) is 72.3 Å². The molecule has 3 aromatic carbocycles. The Bertz CT molecular complexity index is 1970. The van der Waals surface area contributed by atoms with Crippen molar-refractivity contribution in [2.75, 3.05) is 6.54 Å². The number of carbonyl (C=O) groups is 2. The SMILES string of the molecule is Cc1c(CC2C[C@H]3Cc4onc(OCc5ccccc5)c4C(=O)[C@]34OC4=C2C=O)c(F)c(CNCC(C)(C)C)c(Br)c1OCc1ccccc1. The van der Waals surface area contributed by atoms with Gasteiger partial charge in [0.05, 0.1) is 4.47 Å². The molecule has 50 heavy (non-hydrogen) atoms. The van der Waals surface area contributed by atoms with Gasteiger partial charge in [0.2, 0.25) is 11.4 Å².